The summed E-state index contributed by atoms with van der Waals surface area (Å²) in [5.74, 6) is -0.637. The predicted octanol–water partition coefficient (Wildman–Crippen LogP) is 4.85. The summed E-state index contributed by atoms with van der Waals surface area (Å²) in [5, 5.41) is 3.24. The second kappa shape index (κ2) is 6.37. The van der Waals surface area contributed by atoms with E-state index in [1.165, 1.54) is 29.5 Å². The second-order valence-electron chi connectivity index (χ2n) is 4.51. The van der Waals surface area contributed by atoms with Gasteiger partial charge in [0.2, 0.25) is 5.91 Å². The average Bonchev–Trinajstić information content (AvgIpc) is 2.86. The van der Waals surface area contributed by atoms with Crippen LogP contribution in [0.5, 0.6) is 0 Å². The van der Waals surface area contributed by atoms with Gasteiger partial charge in [0.15, 0.2) is 5.13 Å². The molecule has 0 unspecified atom stereocenters. The maximum absolute atomic E-state index is 13.0. The fourth-order valence-corrected chi connectivity index (χ4v) is 3.30. The van der Waals surface area contributed by atoms with Gasteiger partial charge < -0.3 is 0 Å². The molecule has 110 valence electrons. The van der Waals surface area contributed by atoms with Crippen LogP contribution in [0, 0.1) is 5.82 Å². The number of carbonyl (C=O) groups excluding carboxylic acids is 1. The normalized spacial score (nSPS) is 11.2. The quantitative estimate of drug-likeness (QED) is 0.663. The van der Waals surface area contributed by atoms with Crippen LogP contribution in [-0.2, 0) is 4.79 Å². The molecule has 1 N–H and O–H groups in total. The summed E-state index contributed by atoms with van der Waals surface area (Å²) >= 11 is 4.80. The molecule has 22 heavy (non-hydrogen) atoms. The van der Waals surface area contributed by atoms with E-state index in [1.54, 1.807) is 18.2 Å². The first-order chi connectivity index (χ1) is 10.6. The molecule has 0 radical (unpaired) electrons. The lowest BCUT2D eigenvalue weighted by Gasteiger charge is -1.96. The van der Waals surface area contributed by atoms with Crippen LogP contribution in [-0.4, -0.2) is 10.9 Å². The smallest absolute Gasteiger partial charge is 0.250 e. The number of anilines is 1. The fraction of sp³-hybridized carbons (Fsp3) is 0. The van der Waals surface area contributed by atoms with Gasteiger partial charge in [-0.2, -0.15) is 0 Å². The number of halogens is 2. The van der Waals surface area contributed by atoms with E-state index < -0.39 is 0 Å². The summed E-state index contributed by atoms with van der Waals surface area (Å²) in [6.45, 7) is 0. The molecule has 2 aromatic carbocycles. The predicted molar refractivity (Wildman–Crippen MR) is 91.4 cm³/mol. The van der Waals surface area contributed by atoms with Gasteiger partial charge in [0.05, 0.1) is 10.2 Å². The number of amides is 1. The van der Waals surface area contributed by atoms with E-state index in [2.05, 4.69) is 26.2 Å². The van der Waals surface area contributed by atoms with Crippen molar-refractivity contribution in [2.75, 3.05) is 5.32 Å². The summed E-state index contributed by atoms with van der Waals surface area (Å²) in [7, 11) is 0. The molecule has 0 aliphatic heterocycles. The van der Waals surface area contributed by atoms with E-state index in [-0.39, 0.29) is 11.7 Å². The van der Waals surface area contributed by atoms with E-state index in [0.29, 0.717) is 10.7 Å². The number of benzene rings is 2. The highest BCUT2D eigenvalue weighted by Gasteiger charge is 2.06. The lowest BCUT2D eigenvalue weighted by Crippen LogP contribution is -2.07. The number of nitrogens with one attached hydrogen (secondary N) is 1. The van der Waals surface area contributed by atoms with Crippen molar-refractivity contribution in [3.63, 3.8) is 0 Å². The van der Waals surface area contributed by atoms with Crippen molar-refractivity contribution in [3.05, 3.63) is 64.4 Å². The lowest BCUT2D eigenvalue weighted by molar-refractivity contribution is -0.111. The average molecular weight is 377 g/mol. The SMILES string of the molecule is O=C(/C=C/c1cccc(F)c1)Nc1nc2ccc(Br)cc2s1. The first-order valence-electron chi connectivity index (χ1n) is 6.41. The molecule has 0 bridgehead atoms. The van der Waals surface area contributed by atoms with Crippen molar-refractivity contribution in [1.29, 1.82) is 0 Å². The Morgan fingerprint density at radius 1 is 1.27 bits per heavy atom. The zero-order valence-electron chi connectivity index (χ0n) is 11.2. The number of fused-ring (bicyclic) bond motifs is 1. The molecule has 1 heterocycles. The van der Waals surface area contributed by atoms with Crippen molar-refractivity contribution in [2.24, 2.45) is 0 Å². The van der Waals surface area contributed by atoms with Crippen LogP contribution in [0.25, 0.3) is 16.3 Å². The third kappa shape index (κ3) is 3.58. The molecule has 1 aromatic heterocycles. The van der Waals surface area contributed by atoms with Gasteiger partial charge in [-0.3, -0.25) is 10.1 Å². The van der Waals surface area contributed by atoms with E-state index in [0.717, 1.165) is 14.7 Å². The number of hydrogen-bond donors (Lipinski definition) is 1. The highest BCUT2D eigenvalue weighted by atomic mass is 79.9. The molecule has 1 amide bonds. The van der Waals surface area contributed by atoms with Crippen LogP contribution in [0.2, 0.25) is 0 Å². The summed E-state index contributed by atoms with van der Waals surface area (Å²) in [6, 6.07) is 11.8. The molecule has 6 heteroatoms. The molecule has 0 saturated heterocycles. The largest absolute Gasteiger partial charge is 0.298 e. The zero-order chi connectivity index (χ0) is 15.5. The molecule has 3 rings (SSSR count). The van der Waals surface area contributed by atoms with Crippen LogP contribution in [0.3, 0.4) is 0 Å². The van der Waals surface area contributed by atoms with E-state index in [1.807, 2.05) is 18.2 Å². The fourth-order valence-electron chi connectivity index (χ4n) is 1.88. The minimum atomic E-state index is -0.334. The van der Waals surface area contributed by atoms with Crippen molar-refractivity contribution in [2.45, 2.75) is 0 Å². The molecule has 3 aromatic rings. The molecule has 0 saturated carbocycles. The summed E-state index contributed by atoms with van der Waals surface area (Å²) in [5.41, 5.74) is 1.46. The Morgan fingerprint density at radius 3 is 2.95 bits per heavy atom. The van der Waals surface area contributed by atoms with Crippen molar-refractivity contribution in [1.82, 2.24) is 4.98 Å². The van der Waals surface area contributed by atoms with Gasteiger partial charge >= 0.3 is 0 Å². The second-order valence-corrected chi connectivity index (χ2v) is 6.45. The van der Waals surface area contributed by atoms with E-state index in [9.17, 15) is 9.18 Å². The summed E-state index contributed by atoms with van der Waals surface area (Å²) in [4.78, 5) is 16.2. The Morgan fingerprint density at radius 2 is 2.14 bits per heavy atom. The first kappa shape index (κ1) is 14.9. The standard InChI is InChI=1S/C16H10BrFN2OS/c17-11-5-6-13-14(9-11)22-16(19-13)20-15(21)7-4-10-2-1-3-12(18)8-10/h1-9H,(H,19,20,21)/b7-4+. The zero-order valence-corrected chi connectivity index (χ0v) is 13.6. The van der Waals surface area contributed by atoms with Crippen LogP contribution in [0.15, 0.2) is 53.0 Å². The number of rotatable bonds is 3. The van der Waals surface area contributed by atoms with Crippen LogP contribution in [0.4, 0.5) is 9.52 Å². The molecule has 0 fully saturated rings. The molecule has 3 nitrogen and oxygen atoms in total. The third-order valence-corrected chi connectivity index (χ3v) is 4.28. The monoisotopic (exact) mass is 376 g/mol. The van der Waals surface area contributed by atoms with Gasteiger partial charge in [0.25, 0.3) is 0 Å². The van der Waals surface area contributed by atoms with Crippen molar-refractivity contribution < 1.29 is 9.18 Å². The van der Waals surface area contributed by atoms with Crippen LogP contribution >= 0.6 is 27.3 Å². The molecule has 0 aliphatic rings. The molecule has 0 spiro atoms. The third-order valence-electron chi connectivity index (χ3n) is 2.86. The highest BCUT2D eigenvalue weighted by Crippen LogP contribution is 2.28. The van der Waals surface area contributed by atoms with Gasteiger partial charge in [-0.05, 0) is 42.0 Å². The number of thiazole rings is 1. The number of nitrogens with zero attached hydrogens (tertiary/aromatic N) is 1. The molecular formula is C16H10BrFN2OS. The first-order valence-corrected chi connectivity index (χ1v) is 8.02. The van der Waals surface area contributed by atoms with Crippen LogP contribution in [0.1, 0.15) is 5.56 Å². The maximum Gasteiger partial charge on any atom is 0.250 e. The topological polar surface area (TPSA) is 42.0 Å². The number of aromatic nitrogens is 1. The Balaban J connectivity index is 1.72. The Hall–Kier alpha value is -2.05. The van der Waals surface area contributed by atoms with Gasteiger partial charge in [-0.25, -0.2) is 9.37 Å². The van der Waals surface area contributed by atoms with Gasteiger partial charge in [-0.15, -0.1) is 0 Å². The molecular weight excluding hydrogens is 367 g/mol. The number of carbonyl (C=O) groups is 1. The molecule has 0 aliphatic carbocycles. The highest BCUT2D eigenvalue weighted by molar-refractivity contribution is 9.10. The van der Waals surface area contributed by atoms with Crippen molar-refractivity contribution >= 4 is 54.6 Å². The Bertz CT molecular complexity index is 875. The van der Waals surface area contributed by atoms with Crippen LogP contribution < -0.4 is 5.32 Å². The number of hydrogen-bond acceptors (Lipinski definition) is 3. The summed E-state index contributed by atoms with van der Waals surface area (Å²) in [6.07, 6.45) is 2.92. The van der Waals surface area contributed by atoms with E-state index >= 15 is 0 Å². The Labute approximate surface area is 138 Å². The summed E-state index contributed by atoms with van der Waals surface area (Å²) < 4.78 is 15.0. The van der Waals surface area contributed by atoms with E-state index in [4.69, 9.17) is 0 Å². The van der Waals surface area contributed by atoms with Crippen molar-refractivity contribution in [3.8, 4) is 0 Å². The lowest BCUT2D eigenvalue weighted by atomic mass is 10.2. The van der Waals surface area contributed by atoms with Gasteiger partial charge in [-0.1, -0.05) is 39.4 Å². The minimum absolute atomic E-state index is 0.303. The van der Waals surface area contributed by atoms with Gasteiger partial charge in [0, 0.05) is 10.5 Å². The Kier molecular flexibility index (Phi) is 4.31. The van der Waals surface area contributed by atoms with Gasteiger partial charge in [0.1, 0.15) is 5.82 Å². The maximum atomic E-state index is 13.0. The minimum Gasteiger partial charge on any atom is -0.298 e. The molecule has 0 atom stereocenters.